The Morgan fingerprint density at radius 2 is 2.05 bits per heavy atom. The predicted octanol–water partition coefficient (Wildman–Crippen LogP) is 5.08. The number of rotatable bonds is 6. The summed E-state index contributed by atoms with van der Waals surface area (Å²) < 4.78 is 19.2. The molecule has 2 aromatic rings. The Bertz CT molecular complexity index is 616. The van der Waals surface area contributed by atoms with E-state index in [2.05, 4.69) is 12.2 Å². The van der Waals surface area contributed by atoms with Crippen molar-refractivity contribution < 1.29 is 9.13 Å². The maximum absolute atomic E-state index is 13.3. The zero-order valence-electron chi connectivity index (χ0n) is 12.2. The number of aryl methyl sites for hydroxylation is 1. The van der Waals surface area contributed by atoms with Gasteiger partial charge in [0.05, 0.1) is 5.02 Å². The zero-order valence-corrected chi connectivity index (χ0v) is 13.0. The quantitative estimate of drug-likeness (QED) is 0.751. The van der Waals surface area contributed by atoms with Crippen LogP contribution in [-0.4, -0.2) is 6.54 Å². The Hall–Kier alpha value is -1.58. The maximum atomic E-state index is 13.3. The third-order valence-electron chi connectivity index (χ3n) is 3.14. The van der Waals surface area contributed by atoms with Crippen molar-refractivity contribution in [2.24, 2.45) is 0 Å². The average Bonchev–Trinajstić information content (AvgIpc) is 2.46. The first-order chi connectivity index (χ1) is 10.1. The number of ether oxygens (including phenoxy) is 1. The van der Waals surface area contributed by atoms with Gasteiger partial charge in [-0.1, -0.05) is 30.7 Å². The molecule has 0 amide bonds. The van der Waals surface area contributed by atoms with Crippen LogP contribution in [0.1, 0.15) is 24.5 Å². The Labute approximate surface area is 129 Å². The van der Waals surface area contributed by atoms with E-state index in [0.717, 1.165) is 18.5 Å². The molecule has 2 rings (SSSR count). The number of benzene rings is 2. The highest BCUT2D eigenvalue weighted by atomic mass is 35.5. The van der Waals surface area contributed by atoms with Gasteiger partial charge in [-0.2, -0.15) is 0 Å². The lowest BCUT2D eigenvalue weighted by molar-refractivity contribution is 0.470. The second kappa shape index (κ2) is 7.43. The molecule has 0 bridgehead atoms. The lowest BCUT2D eigenvalue weighted by atomic mass is 10.2. The number of hydrogen-bond acceptors (Lipinski definition) is 2. The molecule has 21 heavy (non-hydrogen) atoms. The molecule has 4 heteroatoms. The SMILES string of the molecule is CCCNCc1cccc(Cl)c1Oc1ccc(F)c(C)c1. The van der Waals surface area contributed by atoms with Crippen molar-refractivity contribution in [2.75, 3.05) is 6.54 Å². The summed E-state index contributed by atoms with van der Waals surface area (Å²) >= 11 is 6.24. The Balaban J connectivity index is 2.23. The third-order valence-corrected chi connectivity index (χ3v) is 3.44. The van der Waals surface area contributed by atoms with Crippen LogP contribution in [0.2, 0.25) is 5.02 Å². The van der Waals surface area contributed by atoms with Crippen LogP contribution in [0.5, 0.6) is 11.5 Å². The maximum Gasteiger partial charge on any atom is 0.150 e. The average molecular weight is 308 g/mol. The van der Waals surface area contributed by atoms with Gasteiger partial charge in [0.2, 0.25) is 0 Å². The minimum absolute atomic E-state index is 0.244. The van der Waals surface area contributed by atoms with E-state index in [0.29, 0.717) is 28.6 Å². The van der Waals surface area contributed by atoms with Gasteiger partial charge in [0.15, 0.2) is 0 Å². The second-order valence-electron chi connectivity index (χ2n) is 4.92. The standard InChI is InChI=1S/C17H19ClFNO/c1-3-9-20-11-13-5-4-6-15(18)17(13)21-14-7-8-16(19)12(2)10-14/h4-8,10,20H,3,9,11H2,1-2H3. The van der Waals surface area contributed by atoms with E-state index in [9.17, 15) is 4.39 Å². The fourth-order valence-electron chi connectivity index (χ4n) is 2.01. The summed E-state index contributed by atoms with van der Waals surface area (Å²) in [5.41, 5.74) is 1.53. The topological polar surface area (TPSA) is 21.3 Å². The fourth-order valence-corrected chi connectivity index (χ4v) is 2.24. The molecule has 0 spiro atoms. The van der Waals surface area contributed by atoms with Crippen LogP contribution >= 0.6 is 11.6 Å². The van der Waals surface area contributed by atoms with Crippen LogP contribution in [0.15, 0.2) is 36.4 Å². The lowest BCUT2D eigenvalue weighted by Crippen LogP contribution is -2.14. The number of nitrogens with one attached hydrogen (secondary N) is 1. The first-order valence-corrected chi connectivity index (χ1v) is 7.41. The van der Waals surface area contributed by atoms with Crippen molar-refractivity contribution in [3.63, 3.8) is 0 Å². The molecule has 2 aromatic carbocycles. The van der Waals surface area contributed by atoms with Crippen molar-refractivity contribution in [1.29, 1.82) is 0 Å². The molecular weight excluding hydrogens is 289 g/mol. The number of para-hydroxylation sites is 1. The van der Waals surface area contributed by atoms with E-state index in [1.54, 1.807) is 25.1 Å². The van der Waals surface area contributed by atoms with E-state index >= 15 is 0 Å². The van der Waals surface area contributed by atoms with Gasteiger partial charge in [-0.3, -0.25) is 0 Å². The smallest absolute Gasteiger partial charge is 0.150 e. The van der Waals surface area contributed by atoms with Crippen LogP contribution in [0, 0.1) is 12.7 Å². The zero-order chi connectivity index (χ0) is 15.2. The molecule has 0 radical (unpaired) electrons. The Morgan fingerprint density at radius 3 is 2.76 bits per heavy atom. The minimum Gasteiger partial charge on any atom is -0.455 e. The van der Waals surface area contributed by atoms with Gasteiger partial charge in [0.1, 0.15) is 17.3 Å². The molecule has 0 heterocycles. The van der Waals surface area contributed by atoms with Crippen molar-refractivity contribution in [2.45, 2.75) is 26.8 Å². The van der Waals surface area contributed by atoms with Crippen LogP contribution in [0.3, 0.4) is 0 Å². The normalized spacial score (nSPS) is 10.7. The highest BCUT2D eigenvalue weighted by Crippen LogP contribution is 2.33. The van der Waals surface area contributed by atoms with Crippen molar-refractivity contribution in [1.82, 2.24) is 5.32 Å². The summed E-state index contributed by atoms with van der Waals surface area (Å²) in [7, 11) is 0. The van der Waals surface area contributed by atoms with Gasteiger partial charge < -0.3 is 10.1 Å². The molecule has 0 unspecified atom stereocenters. The largest absolute Gasteiger partial charge is 0.455 e. The van der Waals surface area contributed by atoms with Gasteiger partial charge in [0, 0.05) is 12.1 Å². The number of halogens is 2. The molecule has 0 aliphatic heterocycles. The van der Waals surface area contributed by atoms with Crippen LogP contribution in [-0.2, 0) is 6.54 Å². The van der Waals surface area contributed by atoms with Crippen molar-refractivity contribution >= 4 is 11.6 Å². The molecule has 0 saturated heterocycles. The first-order valence-electron chi connectivity index (χ1n) is 7.04. The van der Waals surface area contributed by atoms with Crippen LogP contribution in [0.25, 0.3) is 0 Å². The summed E-state index contributed by atoms with van der Waals surface area (Å²) in [5.74, 6) is 0.957. The fraction of sp³-hybridized carbons (Fsp3) is 0.294. The minimum atomic E-state index is -0.244. The summed E-state index contributed by atoms with van der Waals surface area (Å²) in [6.45, 7) is 5.44. The Morgan fingerprint density at radius 1 is 1.24 bits per heavy atom. The molecule has 1 N–H and O–H groups in total. The molecule has 2 nitrogen and oxygen atoms in total. The van der Waals surface area contributed by atoms with Crippen LogP contribution < -0.4 is 10.1 Å². The summed E-state index contributed by atoms with van der Waals surface area (Å²) in [5, 5.41) is 3.88. The lowest BCUT2D eigenvalue weighted by Gasteiger charge is -2.14. The molecule has 0 atom stereocenters. The molecule has 0 saturated carbocycles. The van der Waals surface area contributed by atoms with E-state index < -0.39 is 0 Å². The summed E-state index contributed by atoms with van der Waals surface area (Å²) in [4.78, 5) is 0. The molecule has 112 valence electrons. The molecule has 0 aliphatic rings. The van der Waals surface area contributed by atoms with E-state index in [-0.39, 0.29) is 5.82 Å². The summed E-state index contributed by atoms with van der Waals surface area (Å²) in [6, 6.07) is 10.3. The molecule has 0 aliphatic carbocycles. The van der Waals surface area contributed by atoms with E-state index in [1.165, 1.54) is 6.07 Å². The predicted molar refractivity (Wildman–Crippen MR) is 84.7 cm³/mol. The van der Waals surface area contributed by atoms with Gasteiger partial charge in [-0.25, -0.2) is 4.39 Å². The van der Waals surface area contributed by atoms with Gasteiger partial charge >= 0.3 is 0 Å². The van der Waals surface area contributed by atoms with Gasteiger partial charge in [0.25, 0.3) is 0 Å². The number of hydrogen-bond donors (Lipinski definition) is 1. The van der Waals surface area contributed by atoms with Crippen molar-refractivity contribution in [3.8, 4) is 11.5 Å². The molecule has 0 fully saturated rings. The van der Waals surface area contributed by atoms with E-state index in [1.807, 2.05) is 12.1 Å². The third kappa shape index (κ3) is 4.19. The monoisotopic (exact) mass is 307 g/mol. The van der Waals surface area contributed by atoms with Crippen molar-refractivity contribution in [3.05, 3.63) is 58.4 Å². The second-order valence-corrected chi connectivity index (χ2v) is 5.33. The highest BCUT2D eigenvalue weighted by molar-refractivity contribution is 6.32. The Kier molecular flexibility index (Phi) is 5.59. The van der Waals surface area contributed by atoms with Gasteiger partial charge in [-0.05, 0) is 49.7 Å². The van der Waals surface area contributed by atoms with Gasteiger partial charge in [-0.15, -0.1) is 0 Å². The highest BCUT2D eigenvalue weighted by Gasteiger charge is 2.10. The summed E-state index contributed by atoms with van der Waals surface area (Å²) in [6.07, 6.45) is 1.06. The molecule has 0 aromatic heterocycles. The first kappa shape index (κ1) is 15.8. The van der Waals surface area contributed by atoms with Crippen LogP contribution in [0.4, 0.5) is 4.39 Å². The molecular formula is C17H19ClFNO. The van der Waals surface area contributed by atoms with E-state index in [4.69, 9.17) is 16.3 Å².